The molecule has 2 aromatic rings. The van der Waals surface area contributed by atoms with Crippen LogP contribution in [-0.4, -0.2) is 5.97 Å². The van der Waals surface area contributed by atoms with E-state index in [2.05, 4.69) is 0 Å². The third kappa shape index (κ3) is 3.24. The van der Waals surface area contributed by atoms with E-state index in [1.54, 1.807) is 0 Å². The summed E-state index contributed by atoms with van der Waals surface area (Å²) in [7, 11) is 0. The Morgan fingerprint density at radius 3 is 2.45 bits per heavy atom. The minimum absolute atomic E-state index is 0.117. The zero-order chi connectivity index (χ0) is 14.7. The average molecular weight is 298 g/mol. The number of rotatable bonds is 3. The fourth-order valence-electron chi connectivity index (χ4n) is 1.62. The highest BCUT2D eigenvalue weighted by Gasteiger charge is 2.13. The first-order chi connectivity index (χ1) is 9.47. The van der Waals surface area contributed by atoms with Crippen molar-refractivity contribution in [2.45, 2.75) is 6.61 Å². The molecule has 0 atom stereocenters. The van der Waals surface area contributed by atoms with Crippen LogP contribution in [0.4, 0.5) is 14.5 Å². The second kappa shape index (κ2) is 5.88. The number of hydrogen-bond acceptors (Lipinski definition) is 3. The molecule has 20 heavy (non-hydrogen) atoms. The van der Waals surface area contributed by atoms with Gasteiger partial charge in [-0.2, -0.15) is 0 Å². The van der Waals surface area contributed by atoms with E-state index in [1.165, 1.54) is 24.3 Å². The predicted molar refractivity (Wildman–Crippen MR) is 71.3 cm³/mol. The monoisotopic (exact) mass is 297 g/mol. The van der Waals surface area contributed by atoms with E-state index >= 15 is 0 Å². The summed E-state index contributed by atoms with van der Waals surface area (Å²) in [4.78, 5) is 11.8. The number of nitrogen functional groups attached to an aromatic ring is 1. The molecule has 2 aromatic carbocycles. The third-order valence-corrected chi connectivity index (χ3v) is 2.78. The summed E-state index contributed by atoms with van der Waals surface area (Å²) >= 11 is 5.75. The molecule has 0 aliphatic heterocycles. The lowest BCUT2D eigenvalue weighted by atomic mass is 10.2. The summed E-state index contributed by atoms with van der Waals surface area (Å²) in [5.41, 5.74) is 5.64. The van der Waals surface area contributed by atoms with Crippen molar-refractivity contribution in [2.75, 3.05) is 5.73 Å². The fraction of sp³-hybridized carbons (Fsp3) is 0.0714. The summed E-state index contributed by atoms with van der Waals surface area (Å²) in [6.45, 7) is -0.510. The first-order valence-electron chi connectivity index (χ1n) is 5.63. The standard InChI is InChI=1S/C14H10ClF2NO2/c15-9-4-8(5-10(18)6-9)14(19)20-7-11-12(16)2-1-3-13(11)17/h1-6H,7,18H2. The van der Waals surface area contributed by atoms with Gasteiger partial charge in [-0.3, -0.25) is 0 Å². The van der Waals surface area contributed by atoms with Crippen molar-refractivity contribution in [1.82, 2.24) is 0 Å². The molecular formula is C14H10ClF2NO2. The van der Waals surface area contributed by atoms with Crippen molar-refractivity contribution < 1.29 is 18.3 Å². The fourth-order valence-corrected chi connectivity index (χ4v) is 1.86. The van der Waals surface area contributed by atoms with Gasteiger partial charge >= 0.3 is 5.97 Å². The van der Waals surface area contributed by atoms with Crippen LogP contribution in [0.5, 0.6) is 0 Å². The van der Waals surface area contributed by atoms with Gasteiger partial charge in [0.2, 0.25) is 0 Å². The van der Waals surface area contributed by atoms with Gasteiger partial charge in [-0.25, -0.2) is 13.6 Å². The largest absolute Gasteiger partial charge is 0.457 e. The van der Waals surface area contributed by atoms with E-state index in [0.29, 0.717) is 5.69 Å². The van der Waals surface area contributed by atoms with E-state index in [1.807, 2.05) is 0 Å². The number of ether oxygens (including phenoxy) is 1. The van der Waals surface area contributed by atoms with E-state index in [4.69, 9.17) is 22.1 Å². The van der Waals surface area contributed by atoms with Crippen molar-refractivity contribution in [3.05, 3.63) is 64.2 Å². The SMILES string of the molecule is Nc1cc(Cl)cc(C(=O)OCc2c(F)cccc2F)c1. The van der Waals surface area contributed by atoms with Crippen LogP contribution < -0.4 is 5.73 Å². The van der Waals surface area contributed by atoms with Gasteiger partial charge in [0.15, 0.2) is 0 Å². The van der Waals surface area contributed by atoms with E-state index in [0.717, 1.165) is 12.1 Å². The van der Waals surface area contributed by atoms with Gasteiger partial charge in [-0.05, 0) is 30.3 Å². The third-order valence-electron chi connectivity index (χ3n) is 2.57. The van der Waals surface area contributed by atoms with Crippen LogP contribution in [0.2, 0.25) is 5.02 Å². The number of halogens is 3. The van der Waals surface area contributed by atoms with Gasteiger partial charge in [0.1, 0.15) is 18.2 Å². The average Bonchev–Trinajstić information content (AvgIpc) is 2.36. The molecule has 0 bridgehead atoms. The summed E-state index contributed by atoms with van der Waals surface area (Å²) in [6, 6.07) is 7.60. The van der Waals surface area contributed by atoms with E-state index < -0.39 is 24.2 Å². The Bertz CT molecular complexity index is 621. The van der Waals surface area contributed by atoms with E-state index in [-0.39, 0.29) is 16.1 Å². The highest BCUT2D eigenvalue weighted by Crippen LogP contribution is 2.19. The van der Waals surface area contributed by atoms with Gasteiger partial charge in [0.25, 0.3) is 0 Å². The summed E-state index contributed by atoms with van der Waals surface area (Å²) in [6.07, 6.45) is 0. The van der Waals surface area contributed by atoms with Crippen LogP contribution in [0.25, 0.3) is 0 Å². The van der Waals surface area contributed by atoms with Crippen molar-refractivity contribution in [1.29, 1.82) is 0 Å². The molecule has 0 unspecified atom stereocenters. The molecule has 104 valence electrons. The first kappa shape index (κ1) is 14.3. The normalized spacial score (nSPS) is 10.3. The number of benzene rings is 2. The second-order valence-corrected chi connectivity index (χ2v) is 4.49. The molecule has 0 amide bonds. The molecule has 0 spiro atoms. The zero-order valence-corrected chi connectivity index (χ0v) is 11.0. The van der Waals surface area contributed by atoms with Crippen LogP contribution in [0.1, 0.15) is 15.9 Å². The maximum absolute atomic E-state index is 13.4. The topological polar surface area (TPSA) is 52.3 Å². The van der Waals surface area contributed by atoms with Crippen molar-refractivity contribution in [2.24, 2.45) is 0 Å². The van der Waals surface area contributed by atoms with Gasteiger partial charge in [0, 0.05) is 10.7 Å². The minimum Gasteiger partial charge on any atom is -0.457 e. The summed E-state index contributed by atoms with van der Waals surface area (Å²) in [5, 5.41) is 0.272. The Balaban J connectivity index is 2.13. The molecular weight excluding hydrogens is 288 g/mol. The molecule has 0 aromatic heterocycles. The molecule has 0 aliphatic rings. The van der Waals surface area contributed by atoms with Crippen molar-refractivity contribution in [3.63, 3.8) is 0 Å². The molecule has 2 rings (SSSR count). The smallest absolute Gasteiger partial charge is 0.338 e. The molecule has 0 aliphatic carbocycles. The quantitative estimate of drug-likeness (QED) is 0.696. The maximum Gasteiger partial charge on any atom is 0.338 e. The number of nitrogens with two attached hydrogens (primary N) is 1. The Labute approximate surface area is 118 Å². The van der Waals surface area contributed by atoms with Crippen molar-refractivity contribution >= 4 is 23.3 Å². The van der Waals surface area contributed by atoms with Crippen molar-refractivity contribution in [3.8, 4) is 0 Å². The Kier molecular flexibility index (Phi) is 4.20. The lowest BCUT2D eigenvalue weighted by Gasteiger charge is -2.07. The molecule has 0 heterocycles. The number of esters is 1. The van der Waals surface area contributed by atoms with Gasteiger partial charge in [0.05, 0.1) is 11.1 Å². The summed E-state index contributed by atoms with van der Waals surface area (Å²) < 4.78 is 31.6. The zero-order valence-electron chi connectivity index (χ0n) is 10.2. The first-order valence-corrected chi connectivity index (χ1v) is 6.01. The predicted octanol–water partition coefficient (Wildman–Crippen LogP) is 3.56. The van der Waals surface area contributed by atoms with Crippen LogP contribution in [-0.2, 0) is 11.3 Å². The number of hydrogen-bond donors (Lipinski definition) is 1. The molecule has 0 saturated heterocycles. The van der Waals surface area contributed by atoms with Crippen LogP contribution in [0.15, 0.2) is 36.4 Å². The molecule has 0 saturated carbocycles. The van der Waals surface area contributed by atoms with Gasteiger partial charge in [-0.1, -0.05) is 17.7 Å². The lowest BCUT2D eigenvalue weighted by Crippen LogP contribution is -2.08. The minimum atomic E-state index is -0.775. The van der Waals surface area contributed by atoms with Crippen LogP contribution >= 0.6 is 11.6 Å². The molecule has 0 radical (unpaired) electrons. The Morgan fingerprint density at radius 2 is 1.85 bits per heavy atom. The van der Waals surface area contributed by atoms with Gasteiger partial charge < -0.3 is 10.5 Å². The highest BCUT2D eigenvalue weighted by molar-refractivity contribution is 6.31. The second-order valence-electron chi connectivity index (χ2n) is 4.05. The van der Waals surface area contributed by atoms with Crippen LogP contribution in [0.3, 0.4) is 0 Å². The highest BCUT2D eigenvalue weighted by atomic mass is 35.5. The number of anilines is 1. The Morgan fingerprint density at radius 1 is 1.20 bits per heavy atom. The van der Waals surface area contributed by atoms with Crippen LogP contribution in [0, 0.1) is 11.6 Å². The number of carbonyl (C=O) groups is 1. The Hall–Kier alpha value is -2.14. The molecule has 0 fully saturated rings. The van der Waals surface area contributed by atoms with E-state index in [9.17, 15) is 13.6 Å². The lowest BCUT2D eigenvalue weighted by molar-refractivity contribution is 0.0465. The molecule has 2 N–H and O–H groups in total. The van der Waals surface area contributed by atoms with Gasteiger partial charge in [-0.15, -0.1) is 0 Å². The molecule has 3 nitrogen and oxygen atoms in total. The summed E-state index contributed by atoms with van der Waals surface area (Å²) in [5.74, 6) is -2.31. The maximum atomic E-state index is 13.4. The molecule has 6 heteroatoms. The number of carbonyl (C=O) groups excluding carboxylic acids is 1.